The van der Waals surface area contributed by atoms with Crippen molar-refractivity contribution in [2.75, 3.05) is 7.11 Å². The molecule has 0 fully saturated rings. The fourth-order valence-corrected chi connectivity index (χ4v) is 3.20. The first-order chi connectivity index (χ1) is 11.0. The minimum Gasteiger partial charge on any atom is -0.497 e. The third-order valence-electron chi connectivity index (χ3n) is 4.40. The highest BCUT2D eigenvalue weighted by Crippen LogP contribution is 2.40. The van der Waals surface area contributed by atoms with Crippen molar-refractivity contribution in [3.05, 3.63) is 65.9 Å². The van der Waals surface area contributed by atoms with Crippen molar-refractivity contribution < 1.29 is 9.53 Å². The van der Waals surface area contributed by atoms with Crippen LogP contribution in [0, 0.1) is 0 Å². The molecule has 4 nitrogen and oxygen atoms in total. The average molecular weight is 308 g/mol. The molecular formula is C19H20N2O2. The molecule has 4 heteroatoms. The monoisotopic (exact) mass is 308 g/mol. The molecule has 0 bridgehead atoms. The summed E-state index contributed by atoms with van der Waals surface area (Å²) in [5, 5.41) is 1.05. The van der Waals surface area contributed by atoms with Gasteiger partial charge in [-0.15, -0.1) is 0 Å². The first-order valence-electron chi connectivity index (χ1n) is 7.54. The lowest BCUT2D eigenvalue weighted by molar-refractivity contribution is -0.118. The number of carbonyl (C=O) groups excluding carboxylic acids is 1. The van der Waals surface area contributed by atoms with Crippen LogP contribution >= 0.6 is 0 Å². The van der Waals surface area contributed by atoms with Crippen LogP contribution in [0.4, 0.5) is 0 Å². The van der Waals surface area contributed by atoms with Gasteiger partial charge in [-0.3, -0.25) is 4.79 Å². The van der Waals surface area contributed by atoms with Crippen LogP contribution in [-0.2, 0) is 10.2 Å². The van der Waals surface area contributed by atoms with Gasteiger partial charge in [-0.25, -0.2) is 0 Å². The molecule has 23 heavy (non-hydrogen) atoms. The van der Waals surface area contributed by atoms with Gasteiger partial charge in [0, 0.05) is 28.9 Å². The molecule has 3 aromatic rings. The molecule has 0 radical (unpaired) electrons. The van der Waals surface area contributed by atoms with E-state index in [1.807, 2.05) is 61.7 Å². The van der Waals surface area contributed by atoms with Crippen LogP contribution in [0.5, 0.6) is 5.75 Å². The molecule has 3 rings (SSSR count). The summed E-state index contributed by atoms with van der Waals surface area (Å²) >= 11 is 0. The normalized spacial score (nSPS) is 13.7. The number of primary amides is 1. The predicted molar refractivity (Wildman–Crippen MR) is 91.6 cm³/mol. The fraction of sp³-hybridized carbons (Fsp3) is 0.211. The molecule has 3 N–H and O–H groups in total. The standard InChI is InChI=1S/C19H20N2O2/c1-19(12-17(20)22,14-6-4-3-5-7-14)16-11-15(23-2)10-13-8-9-21-18(13)16/h3-11,21H,12H2,1-2H3,(H2,20,22). The van der Waals surface area contributed by atoms with E-state index in [-0.39, 0.29) is 12.3 Å². The van der Waals surface area contributed by atoms with Crippen molar-refractivity contribution in [2.45, 2.75) is 18.8 Å². The number of methoxy groups -OCH3 is 1. The van der Waals surface area contributed by atoms with E-state index >= 15 is 0 Å². The van der Waals surface area contributed by atoms with Crippen molar-refractivity contribution in [3.63, 3.8) is 0 Å². The SMILES string of the molecule is COc1cc(C(C)(CC(N)=O)c2ccccc2)c2[nH]ccc2c1. The molecule has 0 saturated carbocycles. The number of hydrogen-bond acceptors (Lipinski definition) is 2. The lowest BCUT2D eigenvalue weighted by Crippen LogP contribution is -2.30. The van der Waals surface area contributed by atoms with Gasteiger partial charge in [-0.2, -0.15) is 0 Å². The number of nitrogens with two attached hydrogens (primary N) is 1. The van der Waals surface area contributed by atoms with Crippen molar-refractivity contribution in [1.82, 2.24) is 4.98 Å². The van der Waals surface area contributed by atoms with Crippen LogP contribution in [0.1, 0.15) is 24.5 Å². The van der Waals surface area contributed by atoms with E-state index in [0.29, 0.717) is 0 Å². The number of H-pyrrole nitrogens is 1. The number of carbonyl (C=O) groups is 1. The first-order valence-corrected chi connectivity index (χ1v) is 7.54. The first kappa shape index (κ1) is 15.2. The zero-order chi connectivity index (χ0) is 16.4. The zero-order valence-corrected chi connectivity index (χ0v) is 13.3. The molecule has 0 saturated heterocycles. The summed E-state index contributed by atoms with van der Waals surface area (Å²) in [6.45, 7) is 2.04. The largest absolute Gasteiger partial charge is 0.497 e. The highest BCUT2D eigenvalue weighted by Gasteiger charge is 2.33. The number of benzene rings is 2. The number of ether oxygens (including phenoxy) is 1. The average Bonchev–Trinajstić information content (AvgIpc) is 3.02. The van der Waals surface area contributed by atoms with Crippen molar-refractivity contribution in [3.8, 4) is 5.75 Å². The number of aromatic nitrogens is 1. The molecule has 118 valence electrons. The van der Waals surface area contributed by atoms with Gasteiger partial charge < -0.3 is 15.5 Å². The molecule has 1 heterocycles. The Labute approximate surface area is 135 Å². The van der Waals surface area contributed by atoms with Crippen molar-refractivity contribution in [1.29, 1.82) is 0 Å². The van der Waals surface area contributed by atoms with Gasteiger partial charge in [-0.05, 0) is 29.3 Å². The summed E-state index contributed by atoms with van der Waals surface area (Å²) in [6, 6.07) is 15.9. The Kier molecular flexibility index (Phi) is 3.82. The van der Waals surface area contributed by atoms with Gasteiger partial charge in [0.15, 0.2) is 0 Å². The van der Waals surface area contributed by atoms with Gasteiger partial charge in [0.25, 0.3) is 0 Å². The van der Waals surface area contributed by atoms with Crippen LogP contribution < -0.4 is 10.5 Å². The number of aromatic amines is 1. The Hall–Kier alpha value is -2.75. The maximum absolute atomic E-state index is 11.8. The molecule has 0 aliphatic rings. The molecule has 0 aliphatic heterocycles. The fourth-order valence-electron chi connectivity index (χ4n) is 3.20. The Morgan fingerprint density at radius 1 is 1.22 bits per heavy atom. The van der Waals surface area contributed by atoms with Crippen LogP contribution in [0.15, 0.2) is 54.7 Å². The maximum Gasteiger partial charge on any atom is 0.218 e. The van der Waals surface area contributed by atoms with E-state index in [2.05, 4.69) is 4.98 Å². The minimum absolute atomic E-state index is 0.221. The lowest BCUT2D eigenvalue weighted by atomic mass is 9.73. The molecule has 0 spiro atoms. The summed E-state index contributed by atoms with van der Waals surface area (Å²) in [4.78, 5) is 15.1. The number of rotatable bonds is 5. The lowest BCUT2D eigenvalue weighted by Gasteiger charge is -2.30. The molecular weight excluding hydrogens is 288 g/mol. The van der Waals surface area contributed by atoms with E-state index in [1.165, 1.54) is 0 Å². The Morgan fingerprint density at radius 2 is 1.96 bits per heavy atom. The molecule has 1 atom stereocenters. The number of amides is 1. The molecule has 0 aliphatic carbocycles. The number of nitrogens with one attached hydrogen (secondary N) is 1. The summed E-state index contributed by atoms with van der Waals surface area (Å²) in [7, 11) is 1.64. The summed E-state index contributed by atoms with van der Waals surface area (Å²) in [5.41, 5.74) is 8.07. The van der Waals surface area contributed by atoms with E-state index in [9.17, 15) is 4.79 Å². The van der Waals surface area contributed by atoms with E-state index < -0.39 is 5.41 Å². The van der Waals surface area contributed by atoms with Crippen LogP contribution in [0.2, 0.25) is 0 Å². The second-order valence-electron chi connectivity index (χ2n) is 5.96. The van der Waals surface area contributed by atoms with Gasteiger partial charge in [0.2, 0.25) is 5.91 Å². The van der Waals surface area contributed by atoms with E-state index in [0.717, 1.165) is 27.8 Å². The van der Waals surface area contributed by atoms with Gasteiger partial charge >= 0.3 is 0 Å². The summed E-state index contributed by atoms with van der Waals surface area (Å²) < 4.78 is 5.44. The summed E-state index contributed by atoms with van der Waals surface area (Å²) in [5.74, 6) is 0.428. The molecule has 1 unspecified atom stereocenters. The molecule has 2 aromatic carbocycles. The Morgan fingerprint density at radius 3 is 2.61 bits per heavy atom. The van der Waals surface area contributed by atoms with Gasteiger partial charge in [0.05, 0.1) is 7.11 Å². The van der Waals surface area contributed by atoms with Crippen molar-refractivity contribution in [2.24, 2.45) is 5.73 Å². The second-order valence-corrected chi connectivity index (χ2v) is 5.96. The Bertz CT molecular complexity index is 839. The third kappa shape index (κ3) is 2.68. The number of hydrogen-bond donors (Lipinski definition) is 2. The van der Waals surface area contributed by atoms with Crippen LogP contribution in [0.3, 0.4) is 0 Å². The summed E-state index contributed by atoms with van der Waals surface area (Å²) in [6.07, 6.45) is 2.11. The highest BCUT2D eigenvalue weighted by atomic mass is 16.5. The highest BCUT2D eigenvalue weighted by molar-refractivity contribution is 5.87. The molecule has 1 amide bonds. The van der Waals surface area contributed by atoms with Crippen molar-refractivity contribution >= 4 is 16.8 Å². The molecule has 1 aromatic heterocycles. The second kappa shape index (κ2) is 5.80. The topological polar surface area (TPSA) is 68.1 Å². The minimum atomic E-state index is -0.537. The Balaban J connectivity index is 2.29. The zero-order valence-electron chi connectivity index (χ0n) is 13.3. The predicted octanol–water partition coefficient (Wildman–Crippen LogP) is 3.36. The van der Waals surface area contributed by atoms with Gasteiger partial charge in [-0.1, -0.05) is 37.3 Å². The van der Waals surface area contributed by atoms with Gasteiger partial charge in [0.1, 0.15) is 5.75 Å². The smallest absolute Gasteiger partial charge is 0.218 e. The quantitative estimate of drug-likeness (QED) is 0.759. The van der Waals surface area contributed by atoms with Crippen LogP contribution in [0.25, 0.3) is 10.9 Å². The van der Waals surface area contributed by atoms with E-state index in [1.54, 1.807) is 7.11 Å². The number of fused-ring (bicyclic) bond motifs is 1. The maximum atomic E-state index is 11.8. The van der Waals surface area contributed by atoms with Crippen LogP contribution in [-0.4, -0.2) is 18.0 Å². The van der Waals surface area contributed by atoms with E-state index in [4.69, 9.17) is 10.5 Å². The third-order valence-corrected chi connectivity index (χ3v) is 4.40.